The predicted octanol–water partition coefficient (Wildman–Crippen LogP) is 5.17. The lowest BCUT2D eigenvalue weighted by Crippen LogP contribution is -2.36. The Hall–Kier alpha value is -0.820. The lowest BCUT2D eigenvalue weighted by molar-refractivity contribution is 0.161. The fourth-order valence-electron chi connectivity index (χ4n) is 4.37. The zero-order chi connectivity index (χ0) is 14.8. The average molecular weight is 273 g/mol. The molecule has 0 aliphatic heterocycles. The Bertz CT molecular complexity index is 441. The van der Waals surface area contributed by atoms with Gasteiger partial charge in [0.15, 0.2) is 0 Å². The molecule has 1 N–H and O–H groups in total. The van der Waals surface area contributed by atoms with Crippen molar-refractivity contribution in [3.63, 3.8) is 0 Å². The van der Waals surface area contributed by atoms with Crippen LogP contribution in [0.5, 0.6) is 0 Å². The second-order valence-corrected chi connectivity index (χ2v) is 7.25. The summed E-state index contributed by atoms with van der Waals surface area (Å²) in [6.45, 7) is 9.21. The van der Waals surface area contributed by atoms with Gasteiger partial charge >= 0.3 is 0 Å². The maximum Gasteiger partial charge on any atom is 0.0377 e. The van der Waals surface area contributed by atoms with Gasteiger partial charge in [-0.2, -0.15) is 0 Å². The molecule has 0 spiro atoms. The third-order valence-corrected chi connectivity index (χ3v) is 5.06. The quantitative estimate of drug-likeness (QED) is 0.780. The number of aryl methyl sites for hydroxylation is 2. The average Bonchev–Trinajstić information content (AvgIpc) is 2.83. The zero-order valence-electron chi connectivity index (χ0n) is 13.9. The van der Waals surface area contributed by atoms with Gasteiger partial charge in [0, 0.05) is 6.04 Å². The van der Waals surface area contributed by atoms with E-state index in [1.165, 1.54) is 48.8 Å². The Morgan fingerprint density at radius 2 is 1.80 bits per heavy atom. The fourth-order valence-corrected chi connectivity index (χ4v) is 4.37. The monoisotopic (exact) mass is 273 g/mol. The SMILES string of the molecule is CNC(c1cc(C)ccc1C)C1(CC(C)C)CCCC1. The molecule has 1 aromatic rings. The van der Waals surface area contributed by atoms with E-state index >= 15 is 0 Å². The van der Waals surface area contributed by atoms with Gasteiger partial charge in [-0.3, -0.25) is 0 Å². The minimum Gasteiger partial charge on any atom is -0.313 e. The molecule has 0 aromatic heterocycles. The standard InChI is InChI=1S/C19H31N/c1-14(2)13-19(10-6-7-11-19)18(20-5)17-12-15(3)8-9-16(17)4/h8-9,12,14,18,20H,6-7,10-11,13H2,1-5H3. The first kappa shape index (κ1) is 15.6. The molecule has 20 heavy (non-hydrogen) atoms. The van der Waals surface area contributed by atoms with Gasteiger partial charge in [-0.05, 0) is 62.6 Å². The molecule has 1 nitrogen and oxygen atoms in total. The highest BCUT2D eigenvalue weighted by atomic mass is 14.9. The van der Waals surface area contributed by atoms with E-state index in [1.807, 2.05) is 0 Å². The highest BCUT2D eigenvalue weighted by Crippen LogP contribution is 2.52. The molecule has 0 amide bonds. The van der Waals surface area contributed by atoms with Gasteiger partial charge < -0.3 is 5.32 Å². The zero-order valence-corrected chi connectivity index (χ0v) is 13.9. The van der Waals surface area contributed by atoms with Crippen LogP contribution in [0.1, 0.15) is 68.7 Å². The molecule has 112 valence electrons. The van der Waals surface area contributed by atoms with Crippen molar-refractivity contribution in [1.29, 1.82) is 0 Å². The van der Waals surface area contributed by atoms with E-state index in [2.05, 4.69) is 58.3 Å². The summed E-state index contributed by atoms with van der Waals surface area (Å²) in [6, 6.07) is 7.42. The van der Waals surface area contributed by atoms with E-state index < -0.39 is 0 Å². The summed E-state index contributed by atoms with van der Waals surface area (Å²) < 4.78 is 0. The Labute approximate surface area is 125 Å². The summed E-state index contributed by atoms with van der Waals surface area (Å²) >= 11 is 0. The number of benzene rings is 1. The molecule has 1 heteroatoms. The molecule has 1 atom stereocenters. The molecule has 1 aliphatic carbocycles. The van der Waals surface area contributed by atoms with Gasteiger partial charge in [0.05, 0.1) is 0 Å². The summed E-state index contributed by atoms with van der Waals surface area (Å²) in [6.07, 6.45) is 6.89. The Morgan fingerprint density at radius 1 is 1.15 bits per heavy atom. The maximum absolute atomic E-state index is 3.67. The normalized spacial score (nSPS) is 19.5. The third-order valence-electron chi connectivity index (χ3n) is 5.06. The Kier molecular flexibility index (Phi) is 4.90. The van der Waals surface area contributed by atoms with Crippen LogP contribution in [0, 0.1) is 25.2 Å². The van der Waals surface area contributed by atoms with Crippen molar-refractivity contribution in [1.82, 2.24) is 5.32 Å². The van der Waals surface area contributed by atoms with E-state index in [-0.39, 0.29) is 0 Å². The van der Waals surface area contributed by atoms with Crippen molar-refractivity contribution < 1.29 is 0 Å². The van der Waals surface area contributed by atoms with Crippen molar-refractivity contribution in [2.75, 3.05) is 7.05 Å². The summed E-state index contributed by atoms with van der Waals surface area (Å²) in [5, 5.41) is 3.67. The lowest BCUT2D eigenvalue weighted by atomic mass is 9.69. The number of hydrogen-bond donors (Lipinski definition) is 1. The van der Waals surface area contributed by atoms with Crippen molar-refractivity contribution in [3.8, 4) is 0 Å². The van der Waals surface area contributed by atoms with E-state index in [1.54, 1.807) is 0 Å². The third kappa shape index (κ3) is 3.09. The molecule has 1 saturated carbocycles. The van der Waals surface area contributed by atoms with Gasteiger partial charge in [-0.25, -0.2) is 0 Å². The largest absolute Gasteiger partial charge is 0.313 e. The summed E-state index contributed by atoms with van der Waals surface area (Å²) in [7, 11) is 2.15. The highest BCUT2D eigenvalue weighted by Gasteiger charge is 2.42. The molecule has 0 radical (unpaired) electrons. The molecule has 1 aromatic carbocycles. The van der Waals surface area contributed by atoms with E-state index in [9.17, 15) is 0 Å². The minimum absolute atomic E-state index is 0.460. The van der Waals surface area contributed by atoms with Crippen molar-refractivity contribution in [2.45, 2.75) is 65.8 Å². The van der Waals surface area contributed by atoms with Gasteiger partial charge in [-0.1, -0.05) is 50.5 Å². The molecule has 0 saturated heterocycles. The Morgan fingerprint density at radius 3 is 2.35 bits per heavy atom. The molecule has 1 unspecified atom stereocenters. The van der Waals surface area contributed by atoms with Crippen molar-refractivity contribution in [3.05, 3.63) is 34.9 Å². The van der Waals surface area contributed by atoms with E-state index in [4.69, 9.17) is 0 Å². The second-order valence-electron chi connectivity index (χ2n) is 7.25. The summed E-state index contributed by atoms with van der Waals surface area (Å²) in [4.78, 5) is 0. The van der Waals surface area contributed by atoms with Crippen LogP contribution in [0.3, 0.4) is 0 Å². The van der Waals surface area contributed by atoms with Gasteiger partial charge in [0.1, 0.15) is 0 Å². The summed E-state index contributed by atoms with van der Waals surface area (Å²) in [5.74, 6) is 0.772. The topological polar surface area (TPSA) is 12.0 Å². The van der Waals surface area contributed by atoms with Gasteiger partial charge in [0.25, 0.3) is 0 Å². The van der Waals surface area contributed by atoms with E-state index in [0.29, 0.717) is 11.5 Å². The van der Waals surface area contributed by atoms with Crippen LogP contribution in [0.2, 0.25) is 0 Å². The lowest BCUT2D eigenvalue weighted by Gasteiger charge is -2.40. The van der Waals surface area contributed by atoms with Crippen LogP contribution < -0.4 is 5.32 Å². The minimum atomic E-state index is 0.460. The smallest absolute Gasteiger partial charge is 0.0377 e. The van der Waals surface area contributed by atoms with Gasteiger partial charge in [-0.15, -0.1) is 0 Å². The molecular formula is C19H31N. The molecule has 1 fully saturated rings. The molecular weight excluding hydrogens is 242 g/mol. The van der Waals surface area contributed by atoms with Crippen molar-refractivity contribution in [2.24, 2.45) is 11.3 Å². The van der Waals surface area contributed by atoms with Crippen LogP contribution in [-0.2, 0) is 0 Å². The number of rotatable bonds is 5. The molecule has 1 aliphatic rings. The first-order valence-corrected chi connectivity index (χ1v) is 8.23. The van der Waals surface area contributed by atoms with Crippen LogP contribution in [0.15, 0.2) is 18.2 Å². The van der Waals surface area contributed by atoms with Crippen molar-refractivity contribution >= 4 is 0 Å². The predicted molar refractivity (Wildman–Crippen MR) is 88.1 cm³/mol. The number of hydrogen-bond acceptors (Lipinski definition) is 1. The Balaban J connectivity index is 2.40. The van der Waals surface area contributed by atoms with Crippen LogP contribution in [0.25, 0.3) is 0 Å². The molecule has 2 rings (SSSR count). The second kappa shape index (κ2) is 6.30. The van der Waals surface area contributed by atoms with E-state index in [0.717, 1.165) is 5.92 Å². The first-order valence-electron chi connectivity index (χ1n) is 8.23. The summed E-state index contributed by atoms with van der Waals surface area (Å²) in [5.41, 5.74) is 4.80. The highest BCUT2D eigenvalue weighted by molar-refractivity contribution is 5.34. The number of nitrogens with one attached hydrogen (secondary N) is 1. The maximum atomic E-state index is 3.67. The molecule has 0 bridgehead atoms. The first-order chi connectivity index (χ1) is 9.48. The molecule has 0 heterocycles. The van der Waals surface area contributed by atoms with Crippen LogP contribution in [0.4, 0.5) is 0 Å². The fraction of sp³-hybridized carbons (Fsp3) is 0.684. The van der Waals surface area contributed by atoms with Crippen LogP contribution >= 0.6 is 0 Å². The van der Waals surface area contributed by atoms with Crippen LogP contribution in [-0.4, -0.2) is 7.05 Å². The van der Waals surface area contributed by atoms with Gasteiger partial charge in [0.2, 0.25) is 0 Å².